The number of halogens is 1. The molecule has 0 radical (unpaired) electrons. The second-order valence-electron chi connectivity index (χ2n) is 8.00. The number of aromatic nitrogens is 2. The van der Waals surface area contributed by atoms with E-state index < -0.39 is 42.1 Å². The van der Waals surface area contributed by atoms with Crippen molar-refractivity contribution in [2.75, 3.05) is 23.8 Å². The molecule has 0 aliphatic heterocycles. The number of ether oxygens (including phenoxy) is 1. The molecule has 0 unspecified atom stereocenters. The second-order valence-corrected chi connectivity index (χ2v) is 8.78. The molecule has 2 heterocycles. The standard InChI is InChI=1S/C25H23FN6O5S/c1-2-37-18(33)12-30-24(35)21(16-11-29-17-6-4-3-5-15(16)17)32(14-9-7-13(26)8-10-14)25(36)22-19(27)20(23(28)34)31-38-22/h3-11,21,29H,2,12,27H2,1H3,(H2,28,34)(H,30,35)/t21-/m0/s1. The van der Waals surface area contributed by atoms with Gasteiger partial charge in [-0.25, -0.2) is 4.39 Å². The van der Waals surface area contributed by atoms with Gasteiger partial charge in [-0.05, 0) is 48.8 Å². The third-order valence-electron chi connectivity index (χ3n) is 5.61. The van der Waals surface area contributed by atoms with Gasteiger partial charge in [0, 0.05) is 28.4 Å². The summed E-state index contributed by atoms with van der Waals surface area (Å²) in [5, 5.41) is 3.14. The number of nitrogen functional groups attached to an aromatic ring is 1. The number of nitrogens with one attached hydrogen (secondary N) is 2. The molecule has 11 nitrogen and oxygen atoms in total. The fourth-order valence-electron chi connectivity index (χ4n) is 3.91. The molecule has 38 heavy (non-hydrogen) atoms. The van der Waals surface area contributed by atoms with E-state index in [1.54, 1.807) is 37.4 Å². The van der Waals surface area contributed by atoms with E-state index in [9.17, 15) is 23.6 Å². The maximum atomic E-state index is 14.0. The van der Waals surface area contributed by atoms with Crippen LogP contribution < -0.4 is 21.7 Å². The first-order valence-corrected chi connectivity index (χ1v) is 12.1. The summed E-state index contributed by atoms with van der Waals surface area (Å²) in [6.07, 6.45) is 1.56. The predicted molar refractivity (Wildman–Crippen MR) is 139 cm³/mol. The molecule has 0 aliphatic carbocycles. The highest BCUT2D eigenvalue weighted by Gasteiger charge is 2.37. The first kappa shape index (κ1) is 26.3. The molecule has 0 aliphatic rings. The molecule has 4 rings (SSSR count). The summed E-state index contributed by atoms with van der Waals surface area (Å²) in [5.74, 6) is -3.67. The highest BCUT2D eigenvalue weighted by atomic mass is 32.1. The first-order chi connectivity index (χ1) is 18.2. The van der Waals surface area contributed by atoms with Gasteiger partial charge in [-0.1, -0.05) is 18.2 Å². The van der Waals surface area contributed by atoms with Crippen molar-refractivity contribution in [3.05, 3.63) is 76.7 Å². The minimum Gasteiger partial charge on any atom is -0.465 e. The molecule has 1 atom stereocenters. The Bertz CT molecular complexity index is 1520. The van der Waals surface area contributed by atoms with Crippen LogP contribution >= 0.6 is 11.5 Å². The van der Waals surface area contributed by atoms with Crippen molar-refractivity contribution in [3.63, 3.8) is 0 Å². The molecule has 0 spiro atoms. The van der Waals surface area contributed by atoms with E-state index in [1.165, 1.54) is 12.1 Å². The number of para-hydroxylation sites is 1. The highest BCUT2D eigenvalue weighted by molar-refractivity contribution is 7.09. The number of anilines is 2. The minimum atomic E-state index is -1.36. The summed E-state index contributed by atoms with van der Waals surface area (Å²) in [6.45, 7) is 1.29. The van der Waals surface area contributed by atoms with Crippen molar-refractivity contribution in [1.82, 2.24) is 14.7 Å². The number of carbonyl (C=O) groups excluding carboxylic acids is 4. The van der Waals surface area contributed by atoms with Gasteiger partial charge >= 0.3 is 5.97 Å². The van der Waals surface area contributed by atoms with E-state index in [0.717, 1.165) is 17.0 Å². The maximum absolute atomic E-state index is 14.0. The number of hydrogen-bond acceptors (Lipinski definition) is 8. The van der Waals surface area contributed by atoms with E-state index in [2.05, 4.69) is 14.7 Å². The van der Waals surface area contributed by atoms with Crippen LogP contribution in [0.4, 0.5) is 15.8 Å². The van der Waals surface area contributed by atoms with Crippen LogP contribution in [-0.2, 0) is 14.3 Å². The fraction of sp³-hybridized carbons (Fsp3) is 0.160. The van der Waals surface area contributed by atoms with Crippen LogP contribution in [0.15, 0.2) is 54.7 Å². The lowest BCUT2D eigenvalue weighted by Gasteiger charge is -2.31. The molecule has 3 amide bonds. The quantitative estimate of drug-likeness (QED) is 0.237. The monoisotopic (exact) mass is 538 g/mol. The Labute approximate surface area is 219 Å². The van der Waals surface area contributed by atoms with E-state index in [4.69, 9.17) is 16.2 Å². The Balaban J connectivity index is 1.88. The molecule has 2 aromatic heterocycles. The SMILES string of the molecule is CCOC(=O)CNC(=O)[C@H](c1c[nH]c2ccccc12)N(C(=O)c1snc(C(N)=O)c1N)c1ccc(F)cc1. The van der Waals surface area contributed by atoms with Gasteiger partial charge in [0.05, 0.1) is 12.3 Å². The number of nitrogens with zero attached hydrogens (tertiary/aromatic N) is 2. The molecular formula is C25H23FN6O5S. The maximum Gasteiger partial charge on any atom is 0.325 e. The molecule has 2 aromatic carbocycles. The van der Waals surface area contributed by atoms with E-state index in [0.29, 0.717) is 28.0 Å². The van der Waals surface area contributed by atoms with Crippen molar-refractivity contribution in [2.24, 2.45) is 5.73 Å². The number of benzene rings is 2. The fourth-order valence-corrected chi connectivity index (χ4v) is 4.65. The Morgan fingerprint density at radius 2 is 1.87 bits per heavy atom. The number of primary amides is 1. The number of nitrogens with two attached hydrogens (primary N) is 2. The van der Waals surface area contributed by atoms with Gasteiger partial charge in [0.15, 0.2) is 5.69 Å². The van der Waals surface area contributed by atoms with Gasteiger partial charge < -0.3 is 26.5 Å². The number of fused-ring (bicyclic) bond motifs is 1. The van der Waals surface area contributed by atoms with Gasteiger partial charge in [-0.3, -0.25) is 24.1 Å². The Kier molecular flexibility index (Phi) is 7.67. The van der Waals surface area contributed by atoms with Gasteiger partial charge in [0.25, 0.3) is 11.8 Å². The Hall–Kier alpha value is -4.78. The predicted octanol–water partition coefficient (Wildman–Crippen LogP) is 2.51. The van der Waals surface area contributed by atoms with Crippen molar-refractivity contribution in [1.29, 1.82) is 0 Å². The lowest BCUT2D eigenvalue weighted by atomic mass is 10.0. The average Bonchev–Trinajstić information content (AvgIpc) is 3.50. The van der Waals surface area contributed by atoms with Crippen molar-refractivity contribution in [3.8, 4) is 0 Å². The molecular weight excluding hydrogens is 515 g/mol. The molecule has 0 saturated heterocycles. The van der Waals surface area contributed by atoms with Crippen LogP contribution in [-0.4, -0.2) is 46.2 Å². The topological polar surface area (TPSA) is 174 Å². The van der Waals surface area contributed by atoms with Crippen LogP contribution in [0.5, 0.6) is 0 Å². The second kappa shape index (κ2) is 11.1. The van der Waals surface area contributed by atoms with Crippen molar-refractivity contribution in [2.45, 2.75) is 13.0 Å². The van der Waals surface area contributed by atoms with Crippen molar-refractivity contribution < 1.29 is 28.3 Å². The van der Waals surface area contributed by atoms with Crippen molar-refractivity contribution >= 4 is 57.5 Å². The third kappa shape index (κ3) is 5.18. The number of amides is 3. The summed E-state index contributed by atoms with van der Waals surface area (Å²) >= 11 is 0.639. The third-order valence-corrected chi connectivity index (χ3v) is 6.46. The summed E-state index contributed by atoms with van der Waals surface area (Å²) in [4.78, 5) is 55.4. The van der Waals surface area contributed by atoms with E-state index in [-0.39, 0.29) is 28.6 Å². The summed E-state index contributed by atoms with van der Waals surface area (Å²) in [5.41, 5.74) is 12.0. The van der Waals surface area contributed by atoms with Gasteiger partial charge in [-0.2, -0.15) is 4.37 Å². The zero-order valence-electron chi connectivity index (χ0n) is 20.1. The molecule has 0 bridgehead atoms. The van der Waals surface area contributed by atoms with Crippen LogP contribution in [0.2, 0.25) is 0 Å². The molecule has 0 fully saturated rings. The molecule has 196 valence electrons. The smallest absolute Gasteiger partial charge is 0.325 e. The number of carbonyl (C=O) groups is 4. The van der Waals surface area contributed by atoms with Crippen LogP contribution in [0.1, 0.15) is 38.7 Å². The largest absolute Gasteiger partial charge is 0.465 e. The highest BCUT2D eigenvalue weighted by Crippen LogP contribution is 2.35. The molecule has 0 saturated carbocycles. The number of esters is 1. The number of hydrogen-bond donors (Lipinski definition) is 4. The molecule has 6 N–H and O–H groups in total. The van der Waals surface area contributed by atoms with Gasteiger partial charge in [0.2, 0.25) is 5.91 Å². The van der Waals surface area contributed by atoms with Gasteiger partial charge in [-0.15, -0.1) is 0 Å². The minimum absolute atomic E-state index is 0.119. The zero-order valence-corrected chi connectivity index (χ0v) is 20.9. The van der Waals surface area contributed by atoms with E-state index in [1.807, 2.05) is 0 Å². The number of H-pyrrole nitrogens is 1. The average molecular weight is 539 g/mol. The normalized spacial score (nSPS) is 11.6. The van der Waals surface area contributed by atoms with E-state index >= 15 is 0 Å². The Morgan fingerprint density at radius 3 is 2.53 bits per heavy atom. The molecule has 4 aromatic rings. The summed E-state index contributed by atoms with van der Waals surface area (Å²) < 4.78 is 22.6. The molecule has 13 heteroatoms. The van der Waals surface area contributed by atoms with Crippen LogP contribution in [0.3, 0.4) is 0 Å². The lowest BCUT2D eigenvalue weighted by Crippen LogP contribution is -2.45. The van der Waals surface area contributed by atoms with Gasteiger partial charge in [0.1, 0.15) is 23.3 Å². The lowest BCUT2D eigenvalue weighted by molar-refractivity contribution is -0.143. The number of aromatic amines is 1. The number of rotatable bonds is 9. The van der Waals surface area contributed by atoms with Crippen LogP contribution in [0, 0.1) is 5.82 Å². The summed E-state index contributed by atoms with van der Waals surface area (Å²) in [6, 6.07) is 10.6. The first-order valence-electron chi connectivity index (χ1n) is 11.4. The Morgan fingerprint density at radius 1 is 1.16 bits per heavy atom. The van der Waals surface area contributed by atoms with Crippen LogP contribution in [0.25, 0.3) is 10.9 Å². The summed E-state index contributed by atoms with van der Waals surface area (Å²) in [7, 11) is 0. The zero-order chi connectivity index (χ0) is 27.4.